The van der Waals surface area contributed by atoms with Gasteiger partial charge in [0.1, 0.15) is 11.4 Å². The Morgan fingerprint density at radius 3 is 2.74 bits per heavy atom. The molecule has 1 saturated carbocycles. The van der Waals surface area contributed by atoms with Crippen LogP contribution in [0.1, 0.15) is 49.7 Å². The highest BCUT2D eigenvalue weighted by atomic mass is 32.2. The average molecular weight is 279 g/mol. The van der Waals surface area contributed by atoms with Crippen LogP contribution in [0, 0.1) is 0 Å². The fraction of sp³-hybridized carbons (Fsp3) is 0.714. The van der Waals surface area contributed by atoms with Gasteiger partial charge in [0, 0.05) is 30.7 Å². The van der Waals surface area contributed by atoms with Crippen molar-refractivity contribution in [2.75, 3.05) is 19.0 Å². The van der Waals surface area contributed by atoms with E-state index in [0.29, 0.717) is 0 Å². The van der Waals surface area contributed by atoms with Crippen molar-refractivity contribution < 1.29 is 4.74 Å². The lowest BCUT2D eigenvalue weighted by molar-refractivity contribution is -0.0457. The zero-order valence-electron chi connectivity index (χ0n) is 11.7. The molecule has 5 heteroatoms. The number of hydrogen-bond donors (Lipinski definition) is 1. The van der Waals surface area contributed by atoms with Gasteiger partial charge in [-0.1, -0.05) is 0 Å². The molecular formula is C14H21N3OS. The van der Waals surface area contributed by atoms with Crippen LogP contribution >= 0.6 is 11.8 Å². The molecule has 1 aromatic rings. The number of nitrogens with one attached hydrogen (secondary N) is 1. The van der Waals surface area contributed by atoms with Crippen molar-refractivity contribution in [2.24, 2.45) is 0 Å². The third kappa shape index (κ3) is 2.23. The van der Waals surface area contributed by atoms with E-state index < -0.39 is 0 Å². The summed E-state index contributed by atoms with van der Waals surface area (Å²) in [7, 11) is 1.94. The van der Waals surface area contributed by atoms with Crippen LogP contribution in [-0.2, 0) is 21.8 Å². The van der Waals surface area contributed by atoms with Crippen LogP contribution in [0.5, 0.6) is 0 Å². The molecule has 0 atom stereocenters. The number of rotatable bonds is 4. The molecule has 0 amide bonds. The van der Waals surface area contributed by atoms with Gasteiger partial charge in [-0.25, -0.2) is 9.97 Å². The van der Waals surface area contributed by atoms with Crippen molar-refractivity contribution in [3.05, 3.63) is 17.1 Å². The van der Waals surface area contributed by atoms with Crippen LogP contribution < -0.4 is 5.32 Å². The Balaban J connectivity index is 2.04. The second kappa shape index (κ2) is 5.29. The molecule has 2 heterocycles. The standard InChI is InChI=1S/C14H21N3OS/c1-3-18-14(6-4-5-7-14)13-16-11-9-19-8-10(11)12(15-2)17-13/h3-9H2,1-2H3,(H,15,16,17). The quantitative estimate of drug-likeness (QED) is 0.918. The SMILES string of the molecule is CCOC1(c2nc3c(c(NC)n2)CSC3)CCCC1. The summed E-state index contributed by atoms with van der Waals surface area (Å²) < 4.78 is 6.08. The minimum Gasteiger partial charge on any atom is -0.373 e. The number of nitrogens with zero attached hydrogens (tertiary/aromatic N) is 2. The number of thioether (sulfide) groups is 1. The van der Waals surface area contributed by atoms with E-state index in [1.165, 1.54) is 24.1 Å². The third-order valence-electron chi connectivity index (χ3n) is 4.05. The van der Waals surface area contributed by atoms with Crippen LogP contribution in [-0.4, -0.2) is 23.6 Å². The fourth-order valence-corrected chi connectivity index (χ4v) is 4.16. The fourth-order valence-electron chi connectivity index (χ4n) is 3.12. The molecule has 1 aromatic heterocycles. The summed E-state index contributed by atoms with van der Waals surface area (Å²) in [5, 5.41) is 3.23. The van der Waals surface area contributed by atoms with Crippen molar-refractivity contribution in [3.8, 4) is 0 Å². The molecule has 0 bridgehead atoms. The van der Waals surface area contributed by atoms with Gasteiger partial charge in [0.05, 0.1) is 5.69 Å². The molecule has 1 aliphatic heterocycles. The van der Waals surface area contributed by atoms with E-state index in [1.54, 1.807) is 0 Å². The molecule has 1 fully saturated rings. The van der Waals surface area contributed by atoms with E-state index in [9.17, 15) is 0 Å². The summed E-state index contributed by atoms with van der Waals surface area (Å²) >= 11 is 1.91. The molecule has 1 aliphatic carbocycles. The molecule has 4 nitrogen and oxygen atoms in total. The van der Waals surface area contributed by atoms with E-state index in [2.05, 4.69) is 12.2 Å². The van der Waals surface area contributed by atoms with Gasteiger partial charge in [0.15, 0.2) is 5.82 Å². The monoisotopic (exact) mass is 279 g/mol. The van der Waals surface area contributed by atoms with E-state index in [4.69, 9.17) is 14.7 Å². The molecule has 1 N–H and O–H groups in total. The summed E-state index contributed by atoms with van der Waals surface area (Å²) in [6.45, 7) is 2.78. The van der Waals surface area contributed by atoms with Gasteiger partial charge in [-0.2, -0.15) is 11.8 Å². The maximum atomic E-state index is 6.08. The van der Waals surface area contributed by atoms with Crippen LogP contribution in [0.4, 0.5) is 5.82 Å². The molecule has 0 spiro atoms. The van der Waals surface area contributed by atoms with Crippen molar-refractivity contribution in [3.63, 3.8) is 0 Å². The average Bonchev–Trinajstić information content (AvgIpc) is 3.06. The molecule has 104 valence electrons. The lowest BCUT2D eigenvalue weighted by atomic mass is 10.0. The maximum absolute atomic E-state index is 6.08. The summed E-state index contributed by atoms with van der Waals surface area (Å²) in [4.78, 5) is 9.61. The first kappa shape index (κ1) is 13.2. The normalized spacial score (nSPS) is 20.5. The maximum Gasteiger partial charge on any atom is 0.162 e. The van der Waals surface area contributed by atoms with E-state index in [1.807, 2.05) is 18.8 Å². The van der Waals surface area contributed by atoms with Gasteiger partial charge in [0.2, 0.25) is 0 Å². The zero-order chi connectivity index (χ0) is 13.3. The molecule has 19 heavy (non-hydrogen) atoms. The van der Waals surface area contributed by atoms with Gasteiger partial charge in [-0.15, -0.1) is 0 Å². The molecule has 3 rings (SSSR count). The van der Waals surface area contributed by atoms with E-state index in [-0.39, 0.29) is 5.60 Å². The number of ether oxygens (including phenoxy) is 1. The van der Waals surface area contributed by atoms with Crippen molar-refractivity contribution in [2.45, 2.75) is 49.7 Å². The Morgan fingerprint density at radius 2 is 2.05 bits per heavy atom. The first-order valence-electron chi connectivity index (χ1n) is 7.09. The highest BCUT2D eigenvalue weighted by molar-refractivity contribution is 7.98. The van der Waals surface area contributed by atoms with Gasteiger partial charge in [-0.05, 0) is 32.6 Å². The Kier molecular flexibility index (Phi) is 3.67. The Labute approximate surface area is 118 Å². The minimum atomic E-state index is -0.233. The van der Waals surface area contributed by atoms with E-state index >= 15 is 0 Å². The van der Waals surface area contributed by atoms with Gasteiger partial charge < -0.3 is 10.1 Å². The Hall–Kier alpha value is -0.810. The summed E-state index contributed by atoms with van der Waals surface area (Å²) in [5.74, 6) is 3.92. The second-order valence-electron chi connectivity index (χ2n) is 5.20. The summed E-state index contributed by atoms with van der Waals surface area (Å²) in [5.41, 5.74) is 2.24. The minimum absolute atomic E-state index is 0.233. The largest absolute Gasteiger partial charge is 0.373 e. The topological polar surface area (TPSA) is 47.0 Å². The van der Waals surface area contributed by atoms with Crippen LogP contribution in [0.2, 0.25) is 0 Å². The predicted octanol–water partition coefficient (Wildman–Crippen LogP) is 3.07. The second-order valence-corrected chi connectivity index (χ2v) is 6.18. The van der Waals surface area contributed by atoms with Crippen LogP contribution in [0.15, 0.2) is 0 Å². The van der Waals surface area contributed by atoms with Crippen molar-refractivity contribution in [1.29, 1.82) is 0 Å². The number of fused-ring (bicyclic) bond motifs is 1. The number of aromatic nitrogens is 2. The first-order valence-corrected chi connectivity index (χ1v) is 8.24. The van der Waals surface area contributed by atoms with Gasteiger partial charge >= 0.3 is 0 Å². The molecule has 0 unspecified atom stereocenters. The van der Waals surface area contributed by atoms with Crippen molar-refractivity contribution in [1.82, 2.24) is 9.97 Å². The zero-order valence-corrected chi connectivity index (χ0v) is 12.5. The van der Waals surface area contributed by atoms with Crippen LogP contribution in [0.3, 0.4) is 0 Å². The lowest BCUT2D eigenvalue weighted by Crippen LogP contribution is -2.29. The van der Waals surface area contributed by atoms with Crippen molar-refractivity contribution >= 4 is 17.6 Å². The Bertz CT molecular complexity index is 472. The predicted molar refractivity (Wildman–Crippen MR) is 78.3 cm³/mol. The van der Waals surface area contributed by atoms with Gasteiger partial charge in [-0.3, -0.25) is 0 Å². The smallest absolute Gasteiger partial charge is 0.162 e. The van der Waals surface area contributed by atoms with Gasteiger partial charge in [0.25, 0.3) is 0 Å². The molecule has 0 saturated heterocycles. The first-order chi connectivity index (χ1) is 9.29. The molecular weight excluding hydrogens is 258 g/mol. The molecule has 2 aliphatic rings. The molecule has 0 aromatic carbocycles. The molecule has 0 radical (unpaired) electrons. The highest BCUT2D eigenvalue weighted by Gasteiger charge is 2.40. The Morgan fingerprint density at radius 1 is 1.26 bits per heavy atom. The lowest BCUT2D eigenvalue weighted by Gasteiger charge is -2.28. The summed E-state index contributed by atoms with van der Waals surface area (Å²) in [6.07, 6.45) is 4.53. The number of hydrogen-bond acceptors (Lipinski definition) is 5. The third-order valence-corrected chi connectivity index (χ3v) is 5.02. The number of anilines is 1. The van der Waals surface area contributed by atoms with Crippen LogP contribution in [0.25, 0.3) is 0 Å². The summed E-state index contributed by atoms with van der Waals surface area (Å²) in [6, 6.07) is 0. The van der Waals surface area contributed by atoms with E-state index in [0.717, 1.165) is 42.6 Å². The highest BCUT2D eigenvalue weighted by Crippen LogP contribution is 2.42.